The zero-order chi connectivity index (χ0) is 17.1. The van der Waals surface area contributed by atoms with Crippen molar-refractivity contribution in [2.45, 2.75) is 44.6 Å². The third-order valence-corrected chi connectivity index (χ3v) is 5.93. The van der Waals surface area contributed by atoms with Gasteiger partial charge >= 0.3 is 0 Å². The molecule has 1 aromatic carbocycles. The van der Waals surface area contributed by atoms with Gasteiger partial charge in [-0.1, -0.05) is 48.3 Å². The molecule has 1 aliphatic carbocycles. The van der Waals surface area contributed by atoms with E-state index in [2.05, 4.69) is 45.4 Å². The van der Waals surface area contributed by atoms with Crippen molar-refractivity contribution in [3.63, 3.8) is 0 Å². The summed E-state index contributed by atoms with van der Waals surface area (Å²) in [6.07, 6.45) is 6.30. The average Bonchev–Trinajstić information content (AvgIpc) is 3.36. The van der Waals surface area contributed by atoms with Crippen LogP contribution in [-0.2, 0) is 17.8 Å². The second kappa shape index (κ2) is 7.26. The minimum Gasteiger partial charge on any atom is -0.377 e. The van der Waals surface area contributed by atoms with Crippen LogP contribution >= 0.6 is 0 Å². The van der Waals surface area contributed by atoms with Crippen molar-refractivity contribution in [1.82, 2.24) is 15.0 Å². The van der Waals surface area contributed by atoms with E-state index in [0.29, 0.717) is 23.8 Å². The summed E-state index contributed by atoms with van der Waals surface area (Å²) in [5, 5.41) is 4.09. The molecule has 0 radical (unpaired) electrons. The number of ether oxygens (including phenoxy) is 1. The summed E-state index contributed by atoms with van der Waals surface area (Å²) in [6, 6.07) is 10.8. The van der Waals surface area contributed by atoms with Crippen LogP contribution in [0.15, 0.2) is 34.9 Å². The number of methoxy groups -OCH3 is 1. The molecule has 5 nitrogen and oxygen atoms in total. The van der Waals surface area contributed by atoms with Crippen LogP contribution in [-0.4, -0.2) is 41.8 Å². The first-order chi connectivity index (χ1) is 12.3. The van der Waals surface area contributed by atoms with Crippen LogP contribution in [0.3, 0.4) is 0 Å². The first-order valence-corrected chi connectivity index (χ1v) is 9.37. The molecule has 0 bridgehead atoms. The van der Waals surface area contributed by atoms with Gasteiger partial charge in [0.1, 0.15) is 6.61 Å². The highest BCUT2D eigenvalue weighted by Crippen LogP contribution is 2.53. The lowest BCUT2D eigenvalue weighted by atomic mass is 9.76. The summed E-state index contributed by atoms with van der Waals surface area (Å²) < 4.78 is 10.8. The zero-order valence-electron chi connectivity index (χ0n) is 15.0. The predicted molar refractivity (Wildman–Crippen MR) is 95.2 cm³/mol. The molecular formula is C20H27N3O2. The van der Waals surface area contributed by atoms with Crippen molar-refractivity contribution in [2.24, 2.45) is 5.41 Å². The van der Waals surface area contributed by atoms with Crippen molar-refractivity contribution in [3.8, 4) is 0 Å². The Morgan fingerprint density at radius 3 is 2.80 bits per heavy atom. The number of hydrogen-bond acceptors (Lipinski definition) is 5. The minimum atomic E-state index is 0.327. The monoisotopic (exact) mass is 341 g/mol. The highest BCUT2D eigenvalue weighted by atomic mass is 16.5. The van der Waals surface area contributed by atoms with E-state index in [1.54, 1.807) is 7.11 Å². The second-order valence-electron chi connectivity index (χ2n) is 7.57. The van der Waals surface area contributed by atoms with Gasteiger partial charge in [0, 0.05) is 26.7 Å². The largest absolute Gasteiger partial charge is 0.377 e. The molecule has 4 rings (SSSR count). The molecule has 2 aliphatic rings. The van der Waals surface area contributed by atoms with E-state index >= 15 is 0 Å². The van der Waals surface area contributed by atoms with Crippen LogP contribution in [0, 0.1) is 5.41 Å². The van der Waals surface area contributed by atoms with E-state index in [4.69, 9.17) is 9.26 Å². The Kier molecular flexibility index (Phi) is 4.86. The number of benzene rings is 1. The molecule has 1 saturated carbocycles. The Morgan fingerprint density at radius 2 is 2.04 bits per heavy atom. The van der Waals surface area contributed by atoms with Gasteiger partial charge in [0.05, 0.1) is 5.92 Å². The third-order valence-electron chi connectivity index (χ3n) is 5.93. The van der Waals surface area contributed by atoms with Crippen LogP contribution in [0.2, 0.25) is 0 Å². The molecule has 2 fully saturated rings. The molecule has 2 aromatic rings. The smallest absolute Gasteiger partial charge is 0.231 e. The van der Waals surface area contributed by atoms with Gasteiger partial charge in [-0.3, -0.25) is 0 Å². The fourth-order valence-corrected chi connectivity index (χ4v) is 4.70. The molecule has 0 N–H and O–H groups in total. The molecule has 1 unspecified atom stereocenters. The Bertz CT molecular complexity index is 679. The number of nitrogens with zero attached hydrogens (tertiary/aromatic N) is 3. The SMILES string of the molecule is COCc1noc(C2CN(CCc3ccccc3)CC23CCCC3)n1. The van der Waals surface area contributed by atoms with Crippen LogP contribution in [0.5, 0.6) is 0 Å². The highest BCUT2D eigenvalue weighted by Gasteiger charge is 2.50. The molecule has 25 heavy (non-hydrogen) atoms. The van der Waals surface area contributed by atoms with Crippen molar-refractivity contribution < 1.29 is 9.26 Å². The lowest BCUT2D eigenvalue weighted by Crippen LogP contribution is -2.28. The van der Waals surface area contributed by atoms with Gasteiger partial charge in [-0.2, -0.15) is 4.98 Å². The Morgan fingerprint density at radius 1 is 1.24 bits per heavy atom. The molecule has 1 spiro atoms. The van der Waals surface area contributed by atoms with E-state index in [1.807, 2.05) is 0 Å². The molecule has 1 saturated heterocycles. The van der Waals surface area contributed by atoms with Crippen molar-refractivity contribution >= 4 is 0 Å². The quantitative estimate of drug-likeness (QED) is 0.806. The van der Waals surface area contributed by atoms with Gasteiger partial charge in [0.2, 0.25) is 5.89 Å². The molecule has 5 heteroatoms. The summed E-state index contributed by atoms with van der Waals surface area (Å²) in [4.78, 5) is 7.22. The number of likely N-dealkylation sites (tertiary alicyclic amines) is 1. The maximum atomic E-state index is 5.63. The fourth-order valence-electron chi connectivity index (χ4n) is 4.70. The van der Waals surface area contributed by atoms with Crippen molar-refractivity contribution in [3.05, 3.63) is 47.6 Å². The van der Waals surface area contributed by atoms with Crippen LogP contribution in [0.4, 0.5) is 0 Å². The van der Waals surface area contributed by atoms with Gasteiger partial charge in [-0.25, -0.2) is 0 Å². The zero-order valence-corrected chi connectivity index (χ0v) is 15.0. The van der Waals surface area contributed by atoms with E-state index in [9.17, 15) is 0 Å². The molecule has 2 heterocycles. The van der Waals surface area contributed by atoms with Gasteiger partial charge in [-0.05, 0) is 30.2 Å². The van der Waals surface area contributed by atoms with Gasteiger partial charge in [0.25, 0.3) is 0 Å². The average molecular weight is 341 g/mol. The van der Waals surface area contributed by atoms with E-state index in [1.165, 1.54) is 31.2 Å². The van der Waals surface area contributed by atoms with E-state index < -0.39 is 0 Å². The first-order valence-electron chi connectivity index (χ1n) is 9.37. The van der Waals surface area contributed by atoms with Gasteiger partial charge < -0.3 is 14.2 Å². The van der Waals surface area contributed by atoms with Crippen molar-refractivity contribution in [2.75, 3.05) is 26.7 Å². The highest BCUT2D eigenvalue weighted by molar-refractivity contribution is 5.16. The van der Waals surface area contributed by atoms with Crippen LogP contribution in [0.1, 0.15) is 48.9 Å². The van der Waals surface area contributed by atoms with Gasteiger partial charge in [0.15, 0.2) is 5.82 Å². The summed E-state index contributed by atoms with van der Waals surface area (Å²) in [7, 11) is 1.66. The summed E-state index contributed by atoms with van der Waals surface area (Å²) in [5.41, 5.74) is 1.74. The van der Waals surface area contributed by atoms with Crippen LogP contribution < -0.4 is 0 Å². The first kappa shape index (κ1) is 16.7. The van der Waals surface area contributed by atoms with Crippen molar-refractivity contribution in [1.29, 1.82) is 0 Å². The predicted octanol–water partition coefficient (Wildman–Crippen LogP) is 3.42. The molecule has 0 amide bonds. The summed E-state index contributed by atoms with van der Waals surface area (Å²) in [5.74, 6) is 1.84. The van der Waals surface area contributed by atoms with Gasteiger partial charge in [-0.15, -0.1) is 0 Å². The third kappa shape index (κ3) is 3.48. The normalized spacial score (nSPS) is 22.8. The number of hydrogen-bond donors (Lipinski definition) is 0. The topological polar surface area (TPSA) is 51.4 Å². The lowest BCUT2D eigenvalue weighted by Gasteiger charge is -2.27. The standard InChI is InChI=1S/C20H27N3O2/c1-24-14-18-21-19(25-22-18)17-13-23(15-20(17)10-5-6-11-20)12-9-16-7-3-2-4-8-16/h2-4,7-8,17H,5-6,9-15H2,1H3. The lowest BCUT2D eigenvalue weighted by molar-refractivity contribution is 0.174. The molecule has 1 aliphatic heterocycles. The molecule has 1 atom stereocenters. The maximum Gasteiger partial charge on any atom is 0.231 e. The number of rotatable bonds is 6. The second-order valence-corrected chi connectivity index (χ2v) is 7.57. The Balaban J connectivity index is 1.47. The molecule has 1 aromatic heterocycles. The van der Waals surface area contributed by atoms with E-state index in [-0.39, 0.29) is 0 Å². The molecule has 134 valence electrons. The van der Waals surface area contributed by atoms with Crippen LogP contribution in [0.25, 0.3) is 0 Å². The maximum absolute atomic E-state index is 5.63. The Hall–Kier alpha value is -1.72. The minimum absolute atomic E-state index is 0.327. The summed E-state index contributed by atoms with van der Waals surface area (Å²) >= 11 is 0. The number of aromatic nitrogens is 2. The molecular weight excluding hydrogens is 314 g/mol. The van der Waals surface area contributed by atoms with E-state index in [0.717, 1.165) is 31.9 Å². The summed E-state index contributed by atoms with van der Waals surface area (Å²) in [6.45, 7) is 3.70. The fraction of sp³-hybridized carbons (Fsp3) is 0.600. The Labute approximate surface area is 149 Å².